The molecule has 0 saturated carbocycles. The third kappa shape index (κ3) is 3.23. The van der Waals surface area contributed by atoms with Crippen molar-refractivity contribution < 1.29 is 4.79 Å². The van der Waals surface area contributed by atoms with E-state index in [4.69, 9.17) is 0 Å². The number of fused-ring (bicyclic) bond motifs is 1. The number of hydrogen-bond acceptors (Lipinski definition) is 4. The Morgan fingerprint density at radius 1 is 1.24 bits per heavy atom. The summed E-state index contributed by atoms with van der Waals surface area (Å²) in [5.41, 5.74) is 0. The van der Waals surface area contributed by atoms with Crippen LogP contribution >= 0.6 is 0 Å². The van der Waals surface area contributed by atoms with Crippen LogP contribution in [0.15, 0.2) is 24.5 Å². The van der Waals surface area contributed by atoms with Gasteiger partial charge in [-0.15, -0.1) is 0 Å². The van der Waals surface area contributed by atoms with Crippen molar-refractivity contribution in [1.29, 1.82) is 0 Å². The molecule has 1 unspecified atom stereocenters. The van der Waals surface area contributed by atoms with Crippen LogP contribution in [0.5, 0.6) is 0 Å². The molecule has 0 radical (unpaired) electrons. The molecule has 3 heterocycles. The van der Waals surface area contributed by atoms with Gasteiger partial charge in [0, 0.05) is 43.9 Å². The van der Waals surface area contributed by atoms with Crippen LogP contribution in [0.1, 0.15) is 30.3 Å². The predicted octanol–water partition coefficient (Wildman–Crippen LogP) is 1.72. The van der Waals surface area contributed by atoms with Crippen LogP contribution in [0, 0.1) is 25.7 Å². The first-order chi connectivity index (χ1) is 12.1. The number of hydrogen-bond donors (Lipinski definition) is 0. The summed E-state index contributed by atoms with van der Waals surface area (Å²) in [7, 11) is 0. The second-order valence-corrected chi connectivity index (χ2v) is 7.11. The molecular formula is C18H24N6O. The number of rotatable bonds is 3. The van der Waals surface area contributed by atoms with Crippen molar-refractivity contribution in [1.82, 2.24) is 29.2 Å². The van der Waals surface area contributed by atoms with E-state index in [0.29, 0.717) is 6.54 Å². The van der Waals surface area contributed by atoms with E-state index in [1.165, 1.54) is 0 Å². The number of aromatic nitrogens is 5. The van der Waals surface area contributed by atoms with Gasteiger partial charge in [0.25, 0.3) is 0 Å². The maximum absolute atomic E-state index is 13.0. The van der Waals surface area contributed by atoms with Crippen LogP contribution in [-0.2, 0) is 24.4 Å². The average molecular weight is 340 g/mol. The fourth-order valence-corrected chi connectivity index (χ4v) is 3.88. The summed E-state index contributed by atoms with van der Waals surface area (Å²) >= 11 is 0. The summed E-state index contributed by atoms with van der Waals surface area (Å²) in [5.74, 6) is 3.31. The Morgan fingerprint density at radius 2 is 2.04 bits per heavy atom. The van der Waals surface area contributed by atoms with Gasteiger partial charge in [0.05, 0.1) is 6.54 Å². The van der Waals surface area contributed by atoms with E-state index in [-0.39, 0.29) is 17.7 Å². The molecular weight excluding hydrogens is 316 g/mol. The lowest BCUT2D eigenvalue weighted by molar-refractivity contribution is -0.136. The first-order valence-electron chi connectivity index (χ1n) is 8.92. The molecule has 1 aliphatic heterocycles. The molecule has 1 amide bonds. The minimum absolute atomic E-state index is 0.0949. The normalized spacial score (nSPS) is 20.7. The molecule has 4 rings (SSSR count). The van der Waals surface area contributed by atoms with Gasteiger partial charge < -0.3 is 9.47 Å². The van der Waals surface area contributed by atoms with Gasteiger partial charge in [0.1, 0.15) is 17.5 Å². The molecule has 2 aromatic heterocycles. The number of carbonyl (C=O) groups is 1. The highest BCUT2D eigenvalue weighted by molar-refractivity contribution is 5.79. The summed E-state index contributed by atoms with van der Waals surface area (Å²) in [6.45, 7) is 6.82. The molecule has 7 heteroatoms. The van der Waals surface area contributed by atoms with Gasteiger partial charge in [0.15, 0.2) is 0 Å². The Bertz CT molecular complexity index is 796. The number of allylic oxidation sites excluding steroid dienone is 2. The summed E-state index contributed by atoms with van der Waals surface area (Å²) in [6, 6.07) is 0. The quantitative estimate of drug-likeness (QED) is 0.798. The Kier molecular flexibility index (Phi) is 4.15. The summed E-state index contributed by atoms with van der Waals surface area (Å²) in [5, 5.41) is 4.49. The lowest BCUT2D eigenvalue weighted by Gasteiger charge is -2.26. The molecule has 2 aliphatic rings. The number of amides is 1. The van der Waals surface area contributed by atoms with E-state index in [1.54, 1.807) is 0 Å². The fourth-order valence-electron chi connectivity index (χ4n) is 3.88. The Labute approximate surface area is 147 Å². The second kappa shape index (κ2) is 6.46. The zero-order valence-corrected chi connectivity index (χ0v) is 14.8. The van der Waals surface area contributed by atoms with Crippen LogP contribution in [0.2, 0.25) is 0 Å². The highest BCUT2D eigenvalue weighted by Crippen LogP contribution is 2.24. The minimum atomic E-state index is 0.0949. The van der Waals surface area contributed by atoms with Gasteiger partial charge in [0.2, 0.25) is 5.91 Å². The van der Waals surface area contributed by atoms with Crippen molar-refractivity contribution in [3.05, 3.63) is 42.0 Å². The van der Waals surface area contributed by atoms with E-state index in [2.05, 4.69) is 31.8 Å². The molecule has 25 heavy (non-hydrogen) atoms. The first-order valence-corrected chi connectivity index (χ1v) is 8.92. The van der Waals surface area contributed by atoms with Gasteiger partial charge in [-0.1, -0.05) is 12.2 Å². The molecule has 1 atom stereocenters. The van der Waals surface area contributed by atoms with Crippen LogP contribution in [0.3, 0.4) is 0 Å². The number of nitrogens with zero attached hydrogens (tertiary/aromatic N) is 6. The highest BCUT2D eigenvalue weighted by Gasteiger charge is 2.30. The second-order valence-electron chi connectivity index (χ2n) is 7.11. The molecule has 2 aromatic rings. The number of aryl methyl sites for hydroxylation is 2. The Hall–Kier alpha value is -2.44. The van der Waals surface area contributed by atoms with E-state index in [1.807, 2.05) is 35.8 Å². The van der Waals surface area contributed by atoms with Crippen molar-refractivity contribution in [3.63, 3.8) is 0 Å². The zero-order valence-electron chi connectivity index (χ0n) is 14.8. The third-order valence-electron chi connectivity index (χ3n) is 5.13. The zero-order chi connectivity index (χ0) is 17.4. The first kappa shape index (κ1) is 16.1. The third-order valence-corrected chi connectivity index (χ3v) is 5.13. The maximum atomic E-state index is 13.0. The van der Waals surface area contributed by atoms with E-state index < -0.39 is 0 Å². The van der Waals surface area contributed by atoms with Gasteiger partial charge in [-0.25, -0.2) is 14.6 Å². The van der Waals surface area contributed by atoms with Crippen molar-refractivity contribution in [2.45, 2.75) is 46.3 Å². The lowest BCUT2D eigenvalue weighted by atomic mass is 10.0. The van der Waals surface area contributed by atoms with Crippen LogP contribution in [0.25, 0.3) is 0 Å². The van der Waals surface area contributed by atoms with Crippen molar-refractivity contribution >= 4 is 5.91 Å². The van der Waals surface area contributed by atoms with E-state index in [0.717, 1.165) is 49.9 Å². The topological polar surface area (TPSA) is 68.8 Å². The van der Waals surface area contributed by atoms with Crippen LogP contribution in [-0.4, -0.2) is 41.7 Å². The highest BCUT2D eigenvalue weighted by atomic mass is 16.2. The van der Waals surface area contributed by atoms with Crippen LogP contribution in [0.4, 0.5) is 0 Å². The standard InChI is InChI=1S/C18H24N6O/c1-13-20-14(2)24(21-13)11-15-9-22-8-7-19-17(22)12-23(10-15)18(25)16-5-3-4-6-16/h3-4,7-8,15-16H,5-6,9-12H2,1-2H3. The van der Waals surface area contributed by atoms with Gasteiger partial charge >= 0.3 is 0 Å². The molecule has 0 bridgehead atoms. The largest absolute Gasteiger partial charge is 0.335 e. The SMILES string of the molecule is Cc1nc(C)n(CC2CN(C(=O)C3CC=CC3)Cc3nccn3C2)n1. The molecule has 132 valence electrons. The lowest BCUT2D eigenvalue weighted by Crippen LogP contribution is -2.38. The van der Waals surface area contributed by atoms with Gasteiger partial charge in [-0.2, -0.15) is 5.10 Å². The minimum Gasteiger partial charge on any atom is -0.335 e. The molecule has 0 fully saturated rings. The van der Waals surface area contributed by atoms with Crippen LogP contribution < -0.4 is 0 Å². The number of carbonyl (C=O) groups excluding carboxylic acids is 1. The molecule has 0 N–H and O–H groups in total. The maximum Gasteiger partial charge on any atom is 0.226 e. The van der Waals surface area contributed by atoms with Crippen molar-refractivity contribution in [3.8, 4) is 0 Å². The molecule has 0 saturated heterocycles. The molecule has 0 aromatic carbocycles. The monoisotopic (exact) mass is 340 g/mol. The summed E-state index contributed by atoms with van der Waals surface area (Å²) in [6.07, 6.45) is 9.77. The average Bonchev–Trinajstić information content (AvgIpc) is 3.28. The van der Waals surface area contributed by atoms with Crippen molar-refractivity contribution in [2.75, 3.05) is 6.54 Å². The Balaban J connectivity index is 1.56. The number of imidazole rings is 1. The molecule has 0 spiro atoms. The predicted molar refractivity (Wildman–Crippen MR) is 92.5 cm³/mol. The van der Waals surface area contributed by atoms with Gasteiger partial charge in [-0.05, 0) is 26.7 Å². The summed E-state index contributed by atoms with van der Waals surface area (Å²) in [4.78, 5) is 23.8. The van der Waals surface area contributed by atoms with Crippen molar-refractivity contribution in [2.24, 2.45) is 11.8 Å². The van der Waals surface area contributed by atoms with E-state index in [9.17, 15) is 4.79 Å². The molecule has 1 aliphatic carbocycles. The fraction of sp³-hybridized carbons (Fsp3) is 0.556. The summed E-state index contributed by atoms with van der Waals surface area (Å²) < 4.78 is 4.13. The van der Waals surface area contributed by atoms with Gasteiger partial charge in [-0.3, -0.25) is 4.79 Å². The van der Waals surface area contributed by atoms with E-state index >= 15 is 0 Å². The molecule has 7 nitrogen and oxygen atoms in total. The smallest absolute Gasteiger partial charge is 0.226 e. The Morgan fingerprint density at radius 3 is 2.76 bits per heavy atom.